The smallest absolute Gasteiger partial charge is 0.119 e. The Morgan fingerprint density at radius 2 is 1.83 bits per heavy atom. The fourth-order valence-corrected chi connectivity index (χ4v) is 6.18. The van der Waals surface area contributed by atoms with Crippen molar-refractivity contribution in [1.29, 1.82) is 0 Å². The number of hydrogen-bond donors (Lipinski definition) is 2. The van der Waals surface area contributed by atoms with Crippen molar-refractivity contribution in [2.75, 3.05) is 0 Å². The molecule has 1 aromatic rings. The lowest BCUT2D eigenvalue weighted by Crippen LogP contribution is -2.44. The predicted octanol–water partition coefficient (Wildman–Crippen LogP) is 4.91. The van der Waals surface area contributed by atoms with Crippen LogP contribution >= 0.6 is 0 Å². The first kappa shape index (κ1) is 16.4. The summed E-state index contributed by atoms with van der Waals surface area (Å²) in [5.74, 6) is 2.48. The maximum Gasteiger partial charge on any atom is 0.119 e. The molecule has 4 rings (SSSR count). The van der Waals surface area contributed by atoms with Gasteiger partial charge in [0.15, 0.2) is 0 Å². The van der Waals surface area contributed by atoms with E-state index in [1.165, 1.54) is 30.4 Å². The first-order chi connectivity index (χ1) is 11.2. The van der Waals surface area contributed by atoms with Crippen LogP contribution in [0.1, 0.15) is 82.4 Å². The van der Waals surface area contributed by atoms with Gasteiger partial charge in [-0.2, -0.15) is 0 Å². The molecule has 0 saturated heterocycles. The Hall–Kier alpha value is -1.02. The van der Waals surface area contributed by atoms with Crippen LogP contribution in [0.15, 0.2) is 12.1 Å². The molecule has 3 aliphatic rings. The van der Waals surface area contributed by atoms with Crippen LogP contribution in [0.25, 0.3) is 0 Å². The molecule has 0 heterocycles. The summed E-state index contributed by atoms with van der Waals surface area (Å²) in [7, 11) is 0. The molecule has 2 saturated carbocycles. The lowest BCUT2D eigenvalue weighted by atomic mass is 9.55. The van der Waals surface area contributed by atoms with Gasteiger partial charge in [-0.1, -0.05) is 33.8 Å². The second-order valence-electron chi connectivity index (χ2n) is 9.87. The van der Waals surface area contributed by atoms with E-state index in [0.29, 0.717) is 23.5 Å². The van der Waals surface area contributed by atoms with Crippen molar-refractivity contribution < 1.29 is 10.2 Å². The van der Waals surface area contributed by atoms with Crippen LogP contribution < -0.4 is 0 Å². The molecule has 0 spiro atoms. The van der Waals surface area contributed by atoms with Gasteiger partial charge < -0.3 is 10.2 Å². The summed E-state index contributed by atoms with van der Waals surface area (Å²) in [6, 6.07) is 4.36. The maximum absolute atomic E-state index is 10.5. The average molecular weight is 328 g/mol. The number of aromatic hydroxyl groups is 1. The molecule has 2 heteroatoms. The van der Waals surface area contributed by atoms with E-state index in [1.54, 1.807) is 0 Å². The first-order valence-corrected chi connectivity index (χ1v) is 9.76. The second-order valence-corrected chi connectivity index (χ2v) is 9.87. The van der Waals surface area contributed by atoms with Crippen molar-refractivity contribution in [3.8, 4) is 5.75 Å². The molecule has 0 aromatic heterocycles. The monoisotopic (exact) mass is 328 g/mol. The lowest BCUT2D eigenvalue weighted by Gasteiger charge is -2.50. The highest BCUT2D eigenvalue weighted by Gasteiger charge is 2.54. The fraction of sp³-hybridized carbons (Fsp3) is 0.727. The minimum Gasteiger partial charge on any atom is -0.508 e. The van der Waals surface area contributed by atoms with Crippen molar-refractivity contribution in [1.82, 2.24) is 0 Å². The van der Waals surface area contributed by atoms with Gasteiger partial charge in [-0.3, -0.25) is 0 Å². The molecule has 1 aromatic carbocycles. The van der Waals surface area contributed by atoms with E-state index in [9.17, 15) is 10.2 Å². The summed E-state index contributed by atoms with van der Waals surface area (Å²) >= 11 is 0. The van der Waals surface area contributed by atoms with Gasteiger partial charge in [-0.15, -0.1) is 0 Å². The number of benzene rings is 1. The number of hydrogen-bond acceptors (Lipinski definition) is 2. The third-order valence-corrected chi connectivity index (χ3v) is 7.60. The van der Waals surface area contributed by atoms with Crippen molar-refractivity contribution in [2.24, 2.45) is 17.3 Å². The molecule has 0 unspecified atom stereocenters. The quantitative estimate of drug-likeness (QED) is 0.710. The average Bonchev–Trinajstić information content (AvgIpc) is 2.81. The van der Waals surface area contributed by atoms with Crippen LogP contribution in [0, 0.1) is 17.3 Å². The topological polar surface area (TPSA) is 40.5 Å². The number of rotatable bonds is 0. The van der Waals surface area contributed by atoms with Gasteiger partial charge in [0.1, 0.15) is 5.75 Å². The van der Waals surface area contributed by atoms with Crippen molar-refractivity contribution in [3.63, 3.8) is 0 Å². The number of aryl methyl sites for hydroxylation is 1. The van der Waals surface area contributed by atoms with E-state index in [1.807, 2.05) is 6.07 Å². The van der Waals surface area contributed by atoms with Gasteiger partial charge in [0.2, 0.25) is 0 Å². The minimum atomic E-state index is -0.102. The van der Waals surface area contributed by atoms with Crippen molar-refractivity contribution in [3.05, 3.63) is 28.8 Å². The fourth-order valence-electron chi connectivity index (χ4n) is 6.18. The molecule has 24 heavy (non-hydrogen) atoms. The van der Waals surface area contributed by atoms with Crippen LogP contribution in [0.3, 0.4) is 0 Å². The molecule has 132 valence electrons. The number of aliphatic hydroxyl groups is 1. The van der Waals surface area contributed by atoms with E-state index in [2.05, 4.69) is 33.8 Å². The number of fused-ring (bicyclic) bond motifs is 5. The Labute approximate surface area is 146 Å². The van der Waals surface area contributed by atoms with E-state index in [0.717, 1.165) is 24.8 Å². The highest BCUT2D eigenvalue weighted by molar-refractivity contribution is 5.48. The van der Waals surface area contributed by atoms with E-state index < -0.39 is 0 Å². The zero-order valence-corrected chi connectivity index (χ0v) is 15.6. The summed E-state index contributed by atoms with van der Waals surface area (Å²) in [5, 5.41) is 21.0. The molecular formula is C22H32O2. The zero-order chi connectivity index (χ0) is 17.3. The van der Waals surface area contributed by atoms with Crippen molar-refractivity contribution >= 4 is 0 Å². The van der Waals surface area contributed by atoms with Gasteiger partial charge >= 0.3 is 0 Å². The Balaban J connectivity index is 1.74. The lowest BCUT2D eigenvalue weighted by molar-refractivity contribution is -0.0226. The van der Waals surface area contributed by atoms with Gasteiger partial charge in [-0.05, 0) is 89.9 Å². The molecule has 0 bridgehead atoms. The number of aliphatic hydroxyl groups excluding tert-OH is 1. The molecule has 2 nitrogen and oxygen atoms in total. The summed E-state index contributed by atoms with van der Waals surface area (Å²) in [4.78, 5) is 0. The summed E-state index contributed by atoms with van der Waals surface area (Å²) < 4.78 is 0. The largest absolute Gasteiger partial charge is 0.508 e. The first-order valence-electron chi connectivity index (χ1n) is 9.76. The van der Waals surface area contributed by atoms with E-state index in [4.69, 9.17) is 0 Å². The van der Waals surface area contributed by atoms with Crippen molar-refractivity contribution in [2.45, 2.75) is 83.7 Å². The molecule has 0 aliphatic heterocycles. The van der Waals surface area contributed by atoms with Crippen LogP contribution in [0.4, 0.5) is 0 Å². The molecular weight excluding hydrogens is 296 g/mol. The highest BCUT2D eigenvalue weighted by atomic mass is 16.3. The summed E-state index contributed by atoms with van der Waals surface area (Å²) in [6.45, 7) is 8.87. The molecule has 5 atom stereocenters. The summed E-state index contributed by atoms with van der Waals surface area (Å²) in [6.07, 6.45) is 6.71. The highest BCUT2D eigenvalue weighted by Crippen LogP contribution is 2.61. The zero-order valence-electron chi connectivity index (χ0n) is 15.6. The Bertz CT molecular complexity index is 657. The standard InChI is InChI=1S/C22H32O2/c1-21(2,3)18-12-16-13(11-19(18)23)5-6-15-14(16)9-10-22(4)17(15)7-8-20(22)24/h11-12,14-15,17,20,23-24H,5-10H2,1-4H3/t14-,15+,17-,20-,22-/m1/s1. The van der Waals surface area contributed by atoms with Gasteiger partial charge in [-0.25, -0.2) is 0 Å². The van der Waals surface area contributed by atoms with Crippen LogP contribution in [0.2, 0.25) is 0 Å². The van der Waals surface area contributed by atoms with Crippen LogP contribution in [-0.4, -0.2) is 16.3 Å². The Morgan fingerprint density at radius 3 is 2.54 bits per heavy atom. The van der Waals surface area contributed by atoms with Crippen LogP contribution in [0.5, 0.6) is 5.75 Å². The molecule has 2 N–H and O–H groups in total. The second kappa shape index (κ2) is 5.24. The predicted molar refractivity (Wildman–Crippen MR) is 97.4 cm³/mol. The molecule has 0 amide bonds. The summed E-state index contributed by atoms with van der Waals surface area (Å²) in [5.41, 5.74) is 4.06. The maximum atomic E-state index is 10.5. The SMILES string of the molecule is CC(C)(C)c1cc2c(cc1O)CC[C@@H]1[C@H]3CC[C@@H](O)[C@]3(C)CC[C@@H]21. The van der Waals surface area contributed by atoms with Crippen LogP contribution in [-0.2, 0) is 11.8 Å². The Kier molecular flexibility index (Phi) is 3.59. The third kappa shape index (κ3) is 2.25. The van der Waals surface area contributed by atoms with E-state index >= 15 is 0 Å². The van der Waals surface area contributed by atoms with Gasteiger partial charge in [0, 0.05) is 0 Å². The van der Waals surface area contributed by atoms with E-state index in [-0.39, 0.29) is 16.9 Å². The molecule has 2 fully saturated rings. The molecule has 3 aliphatic carbocycles. The minimum absolute atomic E-state index is 0.0290. The third-order valence-electron chi connectivity index (χ3n) is 7.60. The Morgan fingerprint density at radius 1 is 1.08 bits per heavy atom. The van der Waals surface area contributed by atoms with Gasteiger partial charge in [0.25, 0.3) is 0 Å². The normalized spacial score (nSPS) is 38.4. The number of phenols is 1. The van der Waals surface area contributed by atoms with Gasteiger partial charge in [0.05, 0.1) is 6.10 Å². The number of phenolic OH excluding ortho intramolecular Hbond substituents is 1. The molecule has 0 radical (unpaired) electrons.